The summed E-state index contributed by atoms with van der Waals surface area (Å²) in [6, 6.07) is 12.8. The summed E-state index contributed by atoms with van der Waals surface area (Å²) in [6.07, 6.45) is 0. The largest absolute Gasteiger partial charge is 0.293 e. The zero-order chi connectivity index (χ0) is 13.8. The molecule has 2 aromatic rings. The summed E-state index contributed by atoms with van der Waals surface area (Å²) in [7, 11) is 0. The minimum absolute atomic E-state index is 0.0843. The number of halogens is 2. The molecule has 0 fully saturated rings. The number of ketones is 1. The molecule has 0 saturated carbocycles. The third kappa shape index (κ3) is 4.00. The molecule has 0 radical (unpaired) electrons. The van der Waals surface area contributed by atoms with Gasteiger partial charge in [0.15, 0.2) is 5.78 Å². The summed E-state index contributed by atoms with van der Waals surface area (Å²) in [5, 5.41) is 1.24. The Morgan fingerprint density at radius 1 is 1.11 bits per heavy atom. The summed E-state index contributed by atoms with van der Waals surface area (Å²) in [6.45, 7) is 1.99. The summed E-state index contributed by atoms with van der Waals surface area (Å²) >= 11 is 13.4. The van der Waals surface area contributed by atoms with Gasteiger partial charge < -0.3 is 0 Å². The molecule has 0 amide bonds. The third-order valence-corrected chi connectivity index (χ3v) is 4.36. The second-order valence-electron chi connectivity index (χ2n) is 4.15. The minimum Gasteiger partial charge on any atom is -0.293 e. The van der Waals surface area contributed by atoms with Gasteiger partial charge in [-0.3, -0.25) is 4.79 Å². The van der Waals surface area contributed by atoms with Crippen molar-refractivity contribution >= 4 is 40.7 Å². The van der Waals surface area contributed by atoms with Gasteiger partial charge in [0.1, 0.15) is 0 Å². The van der Waals surface area contributed by atoms with Crippen molar-refractivity contribution in [2.45, 2.75) is 11.8 Å². The van der Waals surface area contributed by atoms with Crippen molar-refractivity contribution in [2.24, 2.45) is 0 Å². The summed E-state index contributed by atoms with van der Waals surface area (Å²) < 4.78 is 0. The Hall–Kier alpha value is -0.960. The topological polar surface area (TPSA) is 17.1 Å². The maximum absolute atomic E-state index is 12.0. The third-order valence-electron chi connectivity index (χ3n) is 2.63. The lowest BCUT2D eigenvalue weighted by atomic mass is 10.1. The van der Waals surface area contributed by atoms with Crippen molar-refractivity contribution in [3.63, 3.8) is 0 Å². The molecule has 0 spiro atoms. The number of benzene rings is 2. The number of Topliss-reactive ketones (excluding diaryl/α,β-unsaturated/α-hetero) is 1. The maximum Gasteiger partial charge on any atom is 0.173 e. The van der Waals surface area contributed by atoms with E-state index in [1.165, 1.54) is 11.8 Å². The van der Waals surface area contributed by atoms with Crippen LogP contribution in [0.15, 0.2) is 47.4 Å². The van der Waals surface area contributed by atoms with Crippen molar-refractivity contribution in [1.29, 1.82) is 0 Å². The van der Waals surface area contributed by atoms with Crippen LogP contribution in [0.3, 0.4) is 0 Å². The Morgan fingerprint density at radius 3 is 2.47 bits per heavy atom. The molecular weight excluding hydrogens is 299 g/mol. The van der Waals surface area contributed by atoms with Crippen LogP contribution in [0.2, 0.25) is 10.0 Å². The fourth-order valence-electron chi connectivity index (χ4n) is 1.55. The van der Waals surface area contributed by atoms with Gasteiger partial charge >= 0.3 is 0 Å². The first kappa shape index (κ1) is 14.4. The van der Waals surface area contributed by atoms with Gasteiger partial charge in [-0.15, -0.1) is 11.8 Å². The number of carbonyl (C=O) groups is 1. The first-order valence-corrected chi connectivity index (χ1v) is 7.48. The van der Waals surface area contributed by atoms with Crippen LogP contribution in [0.25, 0.3) is 0 Å². The molecule has 19 heavy (non-hydrogen) atoms. The van der Waals surface area contributed by atoms with Crippen LogP contribution in [0, 0.1) is 6.92 Å². The van der Waals surface area contributed by atoms with Crippen LogP contribution < -0.4 is 0 Å². The van der Waals surface area contributed by atoms with Gasteiger partial charge in [-0.25, -0.2) is 0 Å². The SMILES string of the molecule is Cc1ccc(C(=O)CSc2cc(Cl)ccc2Cl)cc1. The number of carbonyl (C=O) groups excluding carboxylic acids is 1. The zero-order valence-corrected chi connectivity index (χ0v) is 12.6. The molecule has 0 N–H and O–H groups in total. The van der Waals surface area contributed by atoms with E-state index in [-0.39, 0.29) is 5.78 Å². The lowest BCUT2D eigenvalue weighted by Crippen LogP contribution is -2.02. The highest BCUT2D eigenvalue weighted by molar-refractivity contribution is 8.00. The fraction of sp³-hybridized carbons (Fsp3) is 0.133. The van der Waals surface area contributed by atoms with E-state index < -0.39 is 0 Å². The van der Waals surface area contributed by atoms with Gasteiger partial charge in [0, 0.05) is 15.5 Å². The second kappa shape index (κ2) is 6.47. The lowest BCUT2D eigenvalue weighted by molar-refractivity contribution is 0.102. The standard InChI is InChI=1S/C15H12Cl2OS/c1-10-2-4-11(5-3-10)14(18)9-19-15-8-12(16)6-7-13(15)17/h2-8H,9H2,1H3. The summed E-state index contributed by atoms with van der Waals surface area (Å²) in [5.41, 5.74) is 1.86. The van der Waals surface area contributed by atoms with Crippen LogP contribution in [0.5, 0.6) is 0 Å². The fourth-order valence-corrected chi connectivity index (χ4v) is 2.94. The first-order chi connectivity index (χ1) is 9.06. The average molecular weight is 311 g/mol. The Balaban J connectivity index is 2.04. The van der Waals surface area contributed by atoms with E-state index >= 15 is 0 Å². The van der Waals surface area contributed by atoms with Crippen LogP contribution in [-0.4, -0.2) is 11.5 Å². The minimum atomic E-state index is 0.0843. The second-order valence-corrected chi connectivity index (χ2v) is 6.01. The van der Waals surface area contributed by atoms with Crippen molar-refractivity contribution in [3.8, 4) is 0 Å². The Morgan fingerprint density at radius 2 is 1.79 bits per heavy atom. The smallest absolute Gasteiger partial charge is 0.173 e. The number of hydrogen-bond acceptors (Lipinski definition) is 2. The Bertz CT molecular complexity index is 594. The molecule has 98 valence electrons. The van der Waals surface area contributed by atoms with Gasteiger partial charge in [0.25, 0.3) is 0 Å². The van der Waals surface area contributed by atoms with Crippen molar-refractivity contribution in [3.05, 3.63) is 63.6 Å². The predicted molar refractivity (Wildman–Crippen MR) is 82.7 cm³/mol. The normalized spacial score (nSPS) is 10.5. The van der Waals surface area contributed by atoms with E-state index in [0.29, 0.717) is 15.8 Å². The summed E-state index contributed by atoms with van der Waals surface area (Å²) in [5.74, 6) is 0.435. The van der Waals surface area contributed by atoms with Crippen LogP contribution >= 0.6 is 35.0 Å². The number of thioether (sulfide) groups is 1. The molecule has 2 rings (SSSR count). The van der Waals surface area contributed by atoms with E-state index in [2.05, 4.69) is 0 Å². The van der Waals surface area contributed by atoms with Crippen LogP contribution in [0.1, 0.15) is 15.9 Å². The van der Waals surface area contributed by atoms with Crippen LogP contribution in [-0.2, 0) is 0 Å². The van der Waals surface area contributed by atoms with Gasteiger partial charge in [-0.05, 0) is 25.1 Å². The highest BCUT2D eigenvalue weighted by Gasteiger charge is 2.08. The van der Waals surface area contributed by atoms with E-state index in [0.717, 1.165) is 16.0 Å². The van der Waals surface area contributed by atoms with Crippen molar-refractivity contribution in [2.75, 3.05) is 5.75 Å². The molecule has 2 aromatic carbocycles. The van der Waals surface area contributed by atoms with E-state index in [9.17, 15) is 4.79 Å². The Labute approximate surface area is 126 Å². The highest BCUT2D eigenvalue weighted by atomic mass is 35.5. The molecular formula is C15H12Cl2OS. The van der Waals surface area contributed by atoms with Gasteiger partial charge in [0.2, 0.25) is 0 Å². The number of rotatable bonds is 4. The molecule has 0 atom stereocenters. The molecule has 0 aromatic heterocycles. The van der Waals surface area contributed by atoms with Crippen molar-refractivity contribution in [1.82, 2.24) is 0 Å². The summed E-state index contributed by atoms with van der Waals surface area (Å²) in [4.78, 5) is 12.9. The molecule has 4 heteroatoms. The van der Waals surface area contributed by atoms with Crippen molar-refractivity contribution < 1.29 is 4.79 Å². The van der Waals surface area contributed by atoms with Gasteiger partial charge in [-0.2, -0.15) is 0 Å². The Kier molecular flexibility index (Phi) is 4.92. The predicted octanol–water partition coefficient (Wildman–Crippen LogP) is 5.28. The monoisotopic (exact) mass is 310 g/mol. The number of aryl methyl sites for hydroxylation is 1. The molecule has 0 unspecified atom stereocenters. The molecule has 0 saturated heterocycles. The molecule has 0 bridgehead atoms. The maximum atomic E-state index is 12.0. The van der Waals surface area contributed by atoms with E-state index in [4.69, 9.17) is 23.2 Å². The molecule has 0 aliphatic carbocycles. The first-order valence-electron chi connectivity index (χ1n) is 5.74. The van der Waals surface area contributed by atoms with E-state index in [1.54, 1.807) is 18.2 Å². The zero-order valence-electron chi connectivity index (χ0n) is 10.3. The number of hydrogen-bond donors (Lipinski definition) is 0. The quantitative estimate of drug-likeness (QED) is 0.564. The van der Waals surface area contributed by atoms with Gasteiger partial charge in [0.05, 0.1) is 10.8 Å². The molecule has 0 aliphatic rings. The van der Waals surface area contributed by atoms with Gasteiger partial charge in [-0.1, -0.05) is 53.0 Å². The lowest BCUT2D eigenvalue weighted by Gasteiger charge is -2.05. The highest BCUT2D eigenvalue weighted by Crippen LogP contribution is 2.30. The molecule has 0 aliphatic heterocycles. The molecule has 1 nitrogen and oxygen atoms in total. The van der Waals surface area contributed by atoms with Crippen LogP contribution in [0.4, 0.5) is 0 Å². The average Bonchev–Trinajstić information content (AvgIpc) is 2.40. The molecule has 0 heterocycles. The van der Waals surface area contributed by atoms with E-state index in [1.807, 2.05) is 31.2 Å².